The summed E-state index contributed by atoms with van der Waals surface area (Å²) in [4.78, 5) is 7.55. The van der Waals surface area contributed by atoms with Crippen molar-refractivity contribution in [2.75, 3.05) is 20.8 Å². The van der Waals surface area contributed by atoms with Gasteiger partial charge in [-0.3, -0.25) is 9.88 Å². The molecule has 0 radical (unpaired) electrons. The maximum Gasteiger partial charge on any atom is 0.161 e. The van der Waals surface area contributed by atoms with Gasteiger partial charge in [0.25, 0.3) is 0 Å². The van der Waals surface area contributed by atoms with Crippen molar-refractivity contribution in [3.05, 3.63) is 64.8 Å². The fourth-order valence-corrected chi connectivity index (χ4v) is 4.42. The van der Waals surface area contributed by atoms with Crippen LogP contribution in [0.5, 0.6) is 11.5 Å². The van der Waals surface area contributed by atoms with Gasteiger partial charge in [-0.2, -0.15) is 0 Å². The summed E-state index contributed by atoms with van der Waals surface area (Å²) >= 11 is 0. The number of para-hydroxylation sites is 1. The zero-order valence-corrected chi connectivity index (χ0v) is 15.2. The third-order valence-electron chi connectivity index (χ3n) is 5.77. The molecule has 1 aromatic heterocycles. The number of hydrogen-bond donors (Lipinski definition) is 0. The van der Waals surface area contributed by atoms with Crippen molar-refractivity contribution in [2.24, 2.45) is 0 Å². The van der Waals surface area contributed by atoms with Crippen LogP contribution in [0.3, 0.4) is 0 Å². The number of benzene rings is 2. The summed E-state index contributed by atoms with van der Waals surface area (Å²) in [5.41, 5.74) is 6.40. The molecule has 0 unspecified atom stereocenters. The van der Waals surface area contributed by atoms with Crippen LogP contribution in [0.25, 0.3) is 10.9 Å². The minimum atomic E-state index is 0.361. The number of ether oxygens (including phenoxy) is 2. The third-order valence-corrected chi connectivity index (χ3v) is 5.77. The molecule has 1 atom stereocenters. The van der Waals surface area contributed by atoms with Gasteiger partial charge >= 0.3 is 0 Å². The van der Waals surface area contributed by atoms with Crippen LogP contribution in [-0.2, 0) is 19.4 Å². The lowest BCUT2D eigenvalue weighted by molar-refractivity contribution is 0.158. The smallest absolute Gasteiger partial charge is 0.161 e. The van der Waals surface area contributed by atoms with Crippen LogP contribution in [0.2, 0.25) is 0 Å². The zero-order chi connectivity index (χ0) is 17.7. The van der Waals surface area contributed by atoms with Crippen LogP contribution < -0.4 is 9.47 Å². The molecule has 0 amide bonds. The molecular formula is C22H22N2O2. The Morgan fingerprint density at radius 3 is 2.65 bits per heavy atom. The molecule has 2 aromatic carbocycles. The van der Waals surface area contributed by atoms with Crippen LogP contribution in [0.15, 0.2) is 42.5 Å². The van der Waals surface area contributed by atoms with Gasteiger partial charge in [0.1, 0.15) is 0 Å². The summed E-state index contributed by atoms with van der Waals surface area (Å²) < 4.78 is 11.0. The molecular weight excluding hydrogens is 324 g/mol. The highest BCUT2D eigenvalue weighted by molar-refractivity contribution is 5.79. The molecule has 3 heterocycles. The lowest BCUT2D eigenvalue weighted by Gasteiger charge is -2.41. The van der Waals surface area contributed by atoms with Gasteiger partial charge in [-0.15, -0.1) is 0 Å². The summed E-state index contributed by atoms with van der Waals surface area (Å²) in [6.07, 6.45) is 1.99. The van der Waals surface area contributed by atoms with Crippen molar-refractivity contribution >= 4 is 10.9 Å². The molecule has 4 nitrogen and oxygen atoms in total. The van der Waals surface area contributed by atoms with E-state index in [2.05, 4.69) is 47.4 Å². The van der Waals surface area contributed by atoms with Crippen LogP contribution in [0.1, 0.15) is 28.4 Å². The highest BCUT2D eigenvalue weighted by Crippen LogP contribution is 2.42. The first-order chi connectivity index (χ1) is 12.8. The molecule has 0 saturated heterocycles. The van der Waals surface area contributed by atoms with E-state index in [-0.39, 0.29) is 0 Å². The molecule has 4 heteroatoms. The molecule has 26 heavy (non-hydrogen) atoms. The van der Waals surface area contributed by atoms with E-state index >= 15 is 0 Å². The molecule has 0 spiro atoms. The second kappa shape index (κ2) is 5.99. The minimum Gasteiger partial charge on any atom is -0.493 e. The van der Waals surface area contributed by atoms with Crippen LogP contribution >= 0.6 is 0 Å². The first-order valence-electron chi connectivity index (χ1n) is 9.13. The standard InChI is InChI=1S/C22H22N2O2/c1-25-21-10-14-7-8-24-13-16-9-15-5-3-4-6-18(15)23-19(16)12-20(24)17(14)11-22(21)26-2/h3-6,9-11,20H,7-8,12-13H2,1-2H3/t20-/m0/s1. The van der Waals surface area contributed by atoms with E-state index in [1.165, 1.54) is 27.8 Å². The summed E-state index contributed by atoms with van der Waals surface area (Å²) in [6.45, 7) is 2.03. The predicted octanol–water partition coefficient (Wildman–Crippen LogP) is 3.91. The topological polar surface area (TPSA) is 34.6 Å². The third kappa shape index (κ3) is 2.36. The summed E-state index contributed by atoms with van der Waals surface area (Å²) in [5.74, 6) is 1.63. The molecule has 0 saturated carbocycles. The summed E-state index contributed by atoms with van der Waals surface area (Å²) in [5, 5.41) is 1.23. The number of aromatic nitrogens is 1. The predicted molar refractivity (Wildman–Crippen MR) is 102 cm³/mol. The van der Waals surface area contributed by atoms with E-state index in [0.717, 1.165) is 42.9 Å². The van der Waals surface area contributed by atoms with Gasteiger partial charge in [-0.1, -0.05) is 18.2 Å². The minimum absolute atomic E-state index is 0.361. The second-order valence-corrected chi connectivity index (χ2v) is 7.13. The summed E-state index contributed by atoms with van der Waals surface area (Å²) in [7, 11) is 3.40. The number of nitrogens with zero attached hydrogens (tertiary/aromatic N) is 2. The quantitative estimate of drug-likeness (QED) is 0.705. The van der Waals surface area contributed by atoms with E-state index in [1.54, 1.807) is 14.2 Å². The van der Waals surface area contributed by atoms with E-state index in [0.29, 0.717) is 6.04 Å². The molecule has 2 aliphatic heterocycles. The van der Waals surface area contributed by atoms with Crippen molar-refractivity contribution in [1.82, 2.24) is 9.88 Å². The Kier molecular flexibility index (Phi) is 3.61. The SMILES string of the molecule is COc1cc2c(cc1OC)[C@@H]1Cc3nc4ccccc4cc3CN1CC2. The van der Waals surface area contributed by atoms with Gasteiger partial charge in [0.2, 0.25) is 0 Å². The van der Waals surface area contributed by atoms with Gasteiger partial charge < -0.3 is 9.47 Å². The summed E-state index contributed by atoms with van der Waals surface area (Å²) in [6, 6.07) is 15.4. The van der Waals surface area contributed by atoms with Gasteiger partial charge in [0.15, 0.2) is 11.5 Å². The van der Waals surface area contributed by atoms with Crippen molar-refractivity contribution in [3.63, 3.8) is 0 Å². The first-order valence-corrected chi connectivity index (χ1v) is 9.13. The number of methoxy groups -OCH3 is 2. The Hall–Kier alpha value is -2.59. The Morgan fingerprint density at radius 2 is 1.81 bits per heavy atom. The molecule has 0 fully saturated rings. The number of hydrogen-bond acceptors (Lipinski definition) is 4. The average molecular weight is 346 g/mol. The Bertz CT molecular complexity index is 999. The highest BCUT2D eigenvalue weighted by Gasteiger charge is 2.33. The van der Waals surface area contributed by atoms with Crippen LogP contribution in [-0.4, -0.2) is 30.6 Å². The monoisotopic (exact) mass is 346 g/mol. The van der Waals surface area contributed by atoms with Crippen LogP contribution in [0.4, 0.5) is 0 Å². The van der Waals surface area contributed by atoms with Gasteiger partial charge in [0, 0.05) is 36.6 Å². The van der Waals surface area contributed by atoms with Gasteiger partial charge in [0.05, 0.1) is 19.7 Å². The van der Waals surface area contributed by atoms with E-state index in [9.17, 15) is 0 Å². The van der Waals surface area contributed by atoms with Gasteiger partial charge in [-0.05, 0) is 47.4 Å². The Balaban J connectivity index is 1.59. The van der Waals surface area contributed by atoms with E-state index < -0.39 is 0 Å². The largest absolute Gasteiger partial charge is 0.493 e. The maximum absolute atomic E-state index is 5.55. The molecule has 0 bridgehead atoms. The fraction of sp³-hybridized carbons (Fsp3) is 0.318. The van der Waals surface area contributed by atoms with E-state index in [4.69, 9.17) is 14.5 Å². The normalized spacial score (nSPS) is 18.8. The maximum atomic E-state index is 5.55. The fourth-order valence-electron chi connectivity index (χ4n) is 4.42. The molecule has 0 N–H and O–H groups in total. The van der Waals surface area contributed by atoms with Crippen molar-refractivity contribution in [1.29, 1.82) is 0 Å². The van der Waals surface area contributed by atoms with Crippen molar-refractivity contribution in [2.45, 2.75) is 25.4 Å². The molecule has 132 valence electrons. The van der Waals surface area contributed by atoms with E-state index in [1.807, 2.05) is 0 Å². The molecule has 2 aliphatic rings. The lowest BCUT2D eigenvalue weighted by Crippen LogP contribution is -2.39. The molecule has 0 aliphatic carbocycles. The van der Waals surface area contributed by atoms with Gasteiger partial charge in [-0.25, -0.2) is 0 Å². The second-order valence-electron chi connectivity index (χ2n) is 7.13. The highest BCUT2D eigenvalue weighted by atomic mass is 16.5. The number of pyridine rings is 1. The number of rotatable bonds is 2. The Labute approximate surface area is 153 Å². The Morgan fingerprint density at radius 1 is 1.00 bits per heavy atom. The molecule has 5 rings (SSSR count). The number of fused-ring (bicyclic) bond motifs is 5. The van der Waals surface area contributed by atoms with Crippen LogP contribution in [0, 0.1) is 0 Å². The lowest BCUT2D eigenvalue weighted by atomic mass is 9.85. The average Bonchev–Trinajstić information content (AvgIpc) is 2.69. The van der Waals surface area contributed by atoms with Crippen molar-refractivity contribution < 1.29 is 9.47 Å². The zero-order valence-electron chi connectivity index (χ0n) is 15.2. The first kappa shape index (κ1) is 15.6. The molecule has 3 aromatic rings. The van der Waals surface area contributed by atoms with Crippen molar-refractivity contribution in [3.8, 4) is 11.5 Å².